The second-order valence-electron chi connectivity index (χ2n) is 5.46. The van der Waals surface area contributed by atoms with Crippen molar-refractivity contribution in [1.29, 1.82) is 0 Å². The number of fused-ring (bicyclic) bond motifs is 3. The fourth-order valence-corrected chi connectivity index (χ4v) is 3.44. The quantitative estimate of drug-likeness (QED) is 0.241. The number of hydrogen-bond donors (Lipinski definition) is 0. The molecule has 0 spiro atoms. The molecule has 0 amide bonds. The van der Waals surface area contributed by atoms with Crippen LogP contribution in [0.25, 0.3) is 43.3 Å². The summed E-state index contributed by atoms with van der Waals surface area (Å²) in [6.07, 6.45) is 0. The zero-order chi connectivity index (χ0) is 14.8. The topological polar surface area (TPSA) is 56.3 Å². The van der Waals surface area contributed by atoms with Crippen molar-refractivity contribution in [1.82, 2.24) is 0 Å². The summed E-state index contributed by atoms with van der Waals surface area (Å²) in [4.78, 5) is 10.6. The summed E-state index contributed by atoms with van der Waals surface area (Å²) in [5, 5.41) is 18.3. The van der Waals surface area contributed by atoms with Gasteiger partial charge in [-0.15, -0.1) is 0 Å². The number of hydrogen-bond acceptors (Lipinski definition) is 3. The Labute approximate surface area is 124 Å². The highest BCUT2D eigenvalue weighted by Gasteiger charge is 2.20. The molecule has 22 heavy (non-hydrogen) atoms. The number of nitro groups is 1. The molecule has 0 atom stereocenters. The van der Waals surface area contributed by atoms with Crippen molar-refractivity contribution in [3.8, 4) is 0 Å². The van der Waals surface area contributed by atoms with Gasteiger partial charge in [-0.1, -0.05) is 48.5 Å². The second-order valence-corrected chi connectivity index (χ2v) is 5.46. The third-order valence-corrected chi connectivity index (χ3v) is 4.32. The van der Waals surface area contributed by atoms with Crippen LogP contribution in [0, 0.1) is 10.1 Å². The van der Waals surface area contributed by atoms with Crippen LogP contribution in [-0.2, 0) is 0 Å². The Balaban J connectivity index is 2.21. The van der Waals surface area contributed by atoms with Crippen LogP contribution in [0.4, 0.5) is 5.88 Å². The van der Waals surface area contributed by atoms with Gasteiger partial charge in [-0.2, -0.15) is 0 Å². The minimum Gasteiger partial charge on any atom is -0.400 e. The second kappa shape index (κ2) is 3.74. The summed E-state index contributed by atoms with van der Waals surface area (Å²) < 4.78 is 5.55. The van der Waals surface area contributed by atoms with Gasteiger partial charge in [0.05, 0.1) is 6.07 Å². The largest absolute Gasteiger partial charge is 0.434 e. The maximum atomic E-state index is 11.1. The van der Waals surface area contributed by atoms with E-state index in [1.165, 1.54) is 6.07 Å². The molecule has 0 saturated carbocycles. The smallest absolute Gasteiger partial charge is 0.400 e. The van der Waals surface area contributed by atoms with Crippen molar-refractivity contribution in [2.24, 2.45) is 0 Å². The van der Waals surface area contributed by atoms with Crippen molar-refractivity contribution in [2.45, 2.75) is 0 Å². The van der Waals surface area contributed by atoms with E-state index in [9.17, 15) is 10.1 Å². The normalized spacial score (nSPS) is 12.0. The molecule has 0 bridgehead atoms. The average Bonchev–Trinajstić information content (AvgIpc) is 2.99. The molecule has 1 aromatic heterocycles. The van der Waals surface area contributed by atoms with E-state index in [1.54, 1.807) is 0 Å². The summed E-state index contributed by atoms with van der Waals surface area (Å²) in [6.45, 7) is 0. The molecule has 4 nitrogen and oxygen atoms in total. The fourth-order valence-electron chi connectivity index (χ4n) is 3.44. The van der Waals surface area contributed by atoms with Gasteiger partial charge in [0.2, 0.25) is 0 Å². The average molecular weight is 287 g/mol. The van der Waals surface area contributed by atoms with Gasteiger partial charge in [-0.3, -0.25) is 10.1 Å². The lowest BCUT2D eigenvalue weighted by Gasteiger charge is -2.11. The van der Waals surface area contributed by atoms with Crippen LogP contribution in [-0.4, -0.2) is 4.92 Å². The van der Waals surface area contributed by atoms with Crippen LogP contribution < -0.4 is 0 Å². The van der Waals surface area contributed by atoms with Gasteiger partial charge in [-0.05, 0) is 21.5 Å². The highest BCUT2D eigenvalue weighted by atomic mass is 16.6. The van der Waals surface area contributed by atoms with Crippen LogP contribution in [0.1, 0.15) is 0 Å². The molecule has 0 aliphatic carbocycles. The Morgan fingerprint density at radius 3 is 2.14 bits per heavy atom. The molecule has 4 aromatic carbocycles. The van der Waals surface area contributed by atoms with Crippen molar-refractivity contribution in [3.63, 3.8) is 0 Å². The molecule has 0 fully saturated rings. The molecule has 5 rings (SSSR count). The summed E-state index contributed by atoms with van der Waals surface area (Å²) in [5.74, 6) is -0.216. The molecule has 5 aromatic rings. The van der Waals surface area contributed by atoms with Crippen molar-refractivity contribution >= 4 is 49.2 Å². The first-order chi connectivity index (χ1) is 10.7. The molecule has 104 valence electrons. The van der Waals surface area contributed by atoms with Crippen molar-refractivity contribution in [2.75, 3.05) is 0 Å². The monoisotopic (exact) mass is 287 g/mol. The molecular weight excluding hydrogens is 278 g/mol. The van der Waals surface area contributed by atoms with Crippen molar-refractivity contribution < 1.29 is 9.34 Å². The number of rotatable bonds is 1. The van der Waals surface area contributed by atoms with E-state index < -0.39 is 4.92 Å². The molecule has 0 saturated heterocycles. The number of furan rings is 1. The van der Waals surface area contributed by atoms with Gasteiger partial charge in [0.25, 0.3) is 0 Å². The van der Waals surface area contributed by atoms with Gasteiger partial charge in [0, 0.05) is 16.2 Å². The van der Waals surface area contributed by atoms with Crippen LogP contribution >= 0.6 is 0 Å². The summed E-state index contributed by atoms with van der Waals surface area (Å²) in [7, 11) is 0. The van der Waals surface area contributed by atoms with Crippen molar-refractivity contribution in [3.05, 3.63) is 64.7 Å². The highest BCUT2D eigenvalue weighted by molar-refractivity contribution is 6.32. The van der Waals surface area contributed by atoms with Gasteiger partial charge >= 0.3 is 5.88 Å². The standard InChI is InChI=1S/C18H9NO3/c20-19(21)15-9-14-12-5-1-3-10-7-8-11-4-2-6-13(18(14)22-15)17(11)16(10)12/h1-9H. The molecule has 4 heteroatoms. The molecule has 0 N–H and O–H groups in total. The van der Waals surface area contributed by atoms with Gasteiger partial charge in [0.15, 0.2) is 0 Å². The lowest BCUT2D eigenvalue weighted by molar-refractivity contribution is -0.401. The van der Waals surface area contributed by atoms with Crippen LogP contribution in [0.5, 0.6) is 0 Å². The third kappa shape index (κ3) is 1.27. The molecule has 1 heterocycles. The molecule has 0 aliphatic heterocycles. The summed E-state index contributed by atoms with van der Waals surface area (Å²) in [5.41, 5.74) is 0.587. The number of benzene rings is 4. The Bertz CT molecular complexity index is 1120. The van der Waals surface area contributed by atoms with E-state index >= 15 is 0 Å². The predicted octanol–water partition coefficient (Wildman–Crippen LogP) is 5.24. The van der Waals surface area contributed by atoms with E-state index in [4.69, 9.17) is 4.42 Å². The highest BCUT2D eigenvalue weighted by Crippen LogP contribution is 2.42. The van der Waals surface area contributed by atoms with E-state index in [-0.39, 0.29) is 5.88 Å². The van der Waals surface area contributed by atoms with Gasteiger partial charge < -0.3 is 4.42 Å². The number of nitrogens with zero attached hydrogens (tertiary/aromatic N) is 1. The first-order valence-electron chi connectivity index (χ1n) is 6.97. The van der Waals surface area contributed by atoms with E-state index in [0.717, 1.165) is 37.7 Å². The van der Waals surface area contributed by atoms with Gasteiger partial charge in [-0.25, -0.2) is 0 Å². The minimum absolute atomic E-state index is 0.216. The van der Waals surface area contributed by atoms with E-state index in [2.05, 4.69) is 24.3 Å². The minimum atomic E-state index is -0.483. The SMILES string of the molecule is O=[N+]([O-])c1cc2c3cccc4ccc5cccc(c2o1)c5c43. The molecule has 0 radical (unpaired) electrons. The Kier molecular flexibility index (Phi) is 1.96. The lowest BCUT2D eigenvalue weighted by Crippen LogP contribution is -1.84. The fraction of sp³-hybridized carbons (Fsp3) is 0. The first kappa shape index (κ1) is 11.5. The van der Waals surface area contributed by atoms with Gasteiger partial charge in [0.1, 0.15) is 10.5 Å². The lowest BCUT2D eigenvalue weighted by atomic mass is 9.92. The van der Waals surface area contributed by atoms with Crippen LogP contribution in [0.15, 0.2) is 59.0 Å². The zero-order valence-electron chi connectivity index (χ0n) is 11.4. The van der Waals surface area contributed by atoms with Crippen LogP contribution in [0.3, 0.4) is 0 Å². The van der Waals surface area contributed by atoms with E-state index in [1.807, 2.05) is 24.3 Å². The molecule has 0 aliphatic rings. The molecule has 0 unspecified atom stereocenters. The molecular formula is C18H9NO3. The third-order valence-electron chi connectivity index (χ3n) is 4.32. The maximum Gasteiger partial charge on any atom is 0.434 e. The zero-order valence-corrected chi connectivity index (χ0v) is 11.4. The summed E-state index contributed by atoms with van der Waals surface area (Å²) in [6, 6.07) is 17.7. The van der Waals surface area contributed by atoms with Crippen LogP contribution in [0.2, 0.25) is 0 Å². The predicted molar refractivity (Wildman–Crippen MR) is 86.6 cm³/mol. The summed E-state index contributed by atoms with van der Waals surface area (Å²) >= 11 is 0. The Hall–Kier alpha value is -3.14. The van der Waals surface area contributed by atoms with E-state index in [0.29, 0.717) is 5.58 Å². The first-order valence-corrected chi connectivity index (χ1v) is 6.97. The maximum absolute atomic E-state index is 11.1. The Morgan fingerprint density at radius 1 is 0.818 bits per heavy atom. The Morgan fingerprint density at radius 2 is 1.45 bits per heavy atom.